The molecule has 1 nitrogen and oxygen atoms in total. The van der Waals surface area contributed by atoms with Crippen molar-refractivity contribution in [3.8, 4) is 0 Å². The second kappa shape index (κ2) is 6.53. The number of hydrogen-bond acceptors (Lipinski definition) is 1. The lowest BCUT2D eigenvalue weighted by Crippen LogP contribution is -2.25. The van der Waals surface area contributed by atoms with E-state index in [1.54, 1.807) is 12.1 Å². The highest BCUT2D eigenvalue weighted by molar-refractivity contribution is 5.27. The molecule has 0 fully saturated rings. The van der Waals surface area contributed by atoms with Crippen LogP contribution in [0.4, 0.5) is 13.2 Å². The molecule has 0 aliphatic heterocycles. The predicted octanol–water partition coefficient (Wildman–Crippen LogP) is 5.46. The van der Waals surface area contributed by atoms with Crippen molar-refractivity contribution in [3.63, 3.8) is 0 Å². The van der Waals surface area contributed by atoms with Crippen LogP contribution < -0.4 is 0 Å². The maximum Gasteiger partial charge on any atom is 0.416 e. The normalized spacial score (nSPS) is 14.9. The zero-order chi connectivity index (χ0) is 16.3. The van der Waals surface area contributed by atoms with Gasteiger partial charge in [-0.05, 0) is 44.2 Å². The molecule has 0 heterocycles. The van der Waals surface area contributed by atoms with Gasteiger partial charge in [-0.2, -0.15) is 13.2 Å². The smallest absolute Gasteiger partial charge is 0.293 e. The molecule has 0 N–H and O–H groups in total. The molecule has 2 aromatic carbocycles. The number of alkyl halides is 3. The summed E-state index contributed by atoms with van der Waals surface area (Å²) in [6, 6.07) is 15.7. The maximum atomic E-state index is 12.6. The van der Waals surface area contributed by atoms with Gasteiger partial charge in [-0.25, -0.2) is 0 Å². The average molecular weight is 307 g/mol. The molecule has 0 radical (unpaired) electrons. The van der Waals surface area contributed by atoms with E-state index in [1.165, 1.54) is 5.56 Å². The van der Waals surface area contributed by atoms with Gasteiger partial charge in [-0.1, -0.05) is 42.5 Å². The number of rotatable bonds is 4. The van der Waals surface area contributed by atoms with Crippen LogP contribution in [0.2, 0.25) is 0 Å². The van der Waals surface area contributed by atoms with Gasteiger partial charge in [-0.3, -0.25) is 4.90 Å². The minimum atomic E-state index is -4.29. The Hall–Kier alpha value is -1.81. The summed E-state index contributed by atoms with van der Waals surface area (Å²) in [5.41, 5.74) is 1.45. The topological polar surface area (TPSA) is 3.24 Å². The van der Waals surface area contributed by atoms with Crippen LogP contribution >= 0.6 is 0 Å². The van der Waals surface area contributed by atoms with E-state index in [4.69, 9.17) is 0 Å². The fraction of sp³-hybridized carbons (Fsp3) is 0.333. The molecule has 2 aromatic rings. The SMILES string of the molecule is CC(c1ccccc1)N(C)C(C)c1ccc(C(F)(F)F)cc1. The van der Waals surface area contributed by atoms with Crippen LogP contribution in [-0.2, 0) is 6.18 Å². The molecule has 118 valence electrons. The Morgan fingerprint density at radius 3 is 1.68 bits per heavy atom. The molecule has 0 saturated heterocycles. The molecule has 2 atom stereocenters. The largest absolute Gasteiger partial charge is 0.416 e. The third-order valence-electron chi connectivity index (χ3n) is 4.22. The minimum absolute atomic E-state index is 0.0255. The second-order valence-electron chi connectivity index (χ2n) is 5.55. The molecule has 0 aliphatic carbocycles. The molecule has 0 aliphatic rings. The Labute approximate surface area is 129 Å². The summed E-state index contributed by atoms with van der Waals surface area (Å²) in [7, 11) is 1.99. The first kappa shape index (κ1) is 16.6. The maximum absolute atomic E-state index is 12.6. The lowest BCUT2D eigenvalue weighted by atomic mass is 10.0. The summed E-state index contributed by atoms with van der Waals surface area (Å²) >= 11 is 0. The van der Waals surface area contributed by atoms with Gasteiger partial charge >= 0.3 is 6.18 Å². The van der Waals surface area contributed by atoms with Crippen LogP contribution in [0.1, 0.15) is 42.6 Å². The summed E-state index contributed by atoms with van der Waals surface area (Å²) in [6.45, 7) is 4.10. The number of halogens is 3. The van der Waals surface area contributed by atoms with Crippen molar-refractivity contribution in [1.29, 1.82) is 0 Å². The van der Waals surface area contributed by atoms with E-state index < -0.39 is 11.7 Å². The van der Waals surface area contributed by atoms with E-state index in [0.717, 1.165) is 17.7 Å². The summed E-state index contributed by atoms with van der Waals surface area (Å²) in [6.07, 6.45) is -4.29. The van der Waals surface area contributed by atoms with Gasteiger partial charge in [0.2, 0.25) is 0 Å². The predicted molar refractivity (Wildman–Crippen MR) is 82.5 cm³/mol. The van der Waals surface area contributed by atoms with Crippen molar-refractivity contribution in [2.24, 2.45) is 0 Å². The van der Waals surface area contributed by atoms with Crippen molar-refractivity contribution < 1.29 is 13.2 Å². The van der Waals surface area contributed by atoms with Gasteiger partial charge in [-0.15, -0.1) is 0 Å². The van der Waals surface area contributed by atoms with E-state index >= 15 is 0 Å². The van der Waals surface area contributed by atoms with Crippen molar-refractivity contribution >= 4 is 0 Å². The molecule has 0 spiro atoms. The van der Waals surface area contributed by atoms with Crippen molar-refractivity contribution in [2.75, 3.05) is 7.05 Å². The lowest BCUT2D eigenvalue weighted by Gasteiger charge is -2.31. The Balaban J connectivity index is 2.15. The van der Waals surface area contributed by atoms with Crippen LogP contribution in [-0.4, -0.2) is 11.9 Å². The quantitative estimate of drug-likeness (QED) is 0.725. The standard InChI is InChI=1S/C18H20F3N/c1-13(15-7-5-4-6-8-15)22(3)14(2)16-9-11-17(12-10-16)18(19,20)21/h4-14H,1-3H3. The van der Waals surface area contributed by atoms with E-state index in [9.17, 15) is 13.2 Å². The van der Waals surface area contributed by atoms with Crippen molar-refractivity contribution in [2.45, 2.75) is 32.1 Å². The molecular formula is C18H20F3N. The monoisotopic (exact) mass is 307 g/mol. The van der Waals surface area contributed by atoms with Crippen molar-refractivity contribution in [3.05, 3.63) is 71.3 Å². The van der Waals surface area contributed by atoms with E-state index in [-0.39, 0.29) is 12.1 Å². The average Bonchev–Trinajstić information content (AvgIpc) is 2.53. The van der Waals surface area contributed by atoms with Crippen molar-refractivity contribution in [1.82, 2.24) is 4.90 Å². The summed E-state index contributed by atoms with van der Waals surface area (Å²) in [5, 5.41) is 0. The summed E-state index contributed by atoms with van der Waals surface area (Å²) in [5.74, 6) is 0. The third-order valence-corrected chi connectivity index (χ3v) is 4.22. The molecule has 0 aromatic heterocycles. The first-order chi connectivity index (χ1) is 10.3. The van der Waals surface area contributed by atoms with E-state index in [2.05, 4.69) is 24.0 Å². The molecule has 4 heteroatoms. The molecule has 2 unspecified atom stereocenters. The number of benzene rings is 2. The zero-order valence-electron chi connectivity index (χ0n) is 12.9. The third kappa shape index (κ3) is 3.69. The Morgan fingerprint density at radius 2 is 1.23 bits per heavy atom. The second-order valence-corrected chi connectivity index (χ2v) is 5.55. The van der Waals surface area contributed by atoms with Gasteiger partial charge in [0.05, 0.1) is 5.56 Å². The molecule has 0 bridgehead atoms. The lowest BCUT2D eigenvalue weighted by molar-refractivity contribution is -0.137. The Bertz CT molecular complexity index is 590. The number of hydrogen-bond donors (Lipinski definition) is 0. The van der Waals surface area contributed by atoms with Gasteiger partial charge in [0, 0.05) is 12.1 Å². The van der Waals surface area contributed by atoms with Gasteiger partial charge in [0.1, 0.15) is 0 Å². The summed E-state index contributed by atoms with van der Waals surface area (Å²) < 4.78 is 37.9. The van der Waals surface area contributed by atoms with Gasteiger partial charge in [0.25, 0.3) is 0 Å². The molecule has 0 saturated carbocycles. The molecule has 0 amide bonds. The van der Waals surface area contributed by atoms with Crippen LogP contribution in [0, 0.1) is 0 Å². The van der Waals surface area contributed by atoms with Crippen LogP contribution in [0.15, 0.2) is 54.6 Å². The van der Waals surface area contributed by atoms with E-state index in [1.807, 2.05) is 32.2 Å². The Kier molecular flexibility index (Phi) is 4.91. The fourth-order valence-corrected chi connectivity index (χ4v) is 2.49. The first-order valence-electron chi connectivity index (χ1n) is 7.24. The fourth-order valence-electron chi connectivity index (χ4n) is 2.49. The van der Waals surface area contributed by atoms with Crippen LogP contribution in [0.25, 0.3) is 0 Å². The highest BCUT2D eigenvalue weighted by Crippen LogP contribution is 2.32. The van der Waals surface area contributed by atoms with Crippen LogP contribution in [0.5, 0.6) is 0 Å². The zero-order valence-corrected chi connectivity index (χ0v) is 12.9. The number of nitrogens with zero attached hydrogens (tertiary/aromatic N) is 1. The Morgan fingerprint density at radius 1 is 0.773 bits per heavy atom. The van der Waals surface area contributed by atoms with Gasteiger partial charge < -0.3 is 0 Å². The van der Waals surface area contributed by atoms with E-state index in [0.29, 0.717) is 0 Å². The van der Waals surface area contributed by atoms with Gasteiger partial charge in [0.15, 0.2) is 0 Å². The molecule has 2 rings (SSSR count). The highest BCUT2D eigenvalue weighted by atomic mass is 19.4. The molecule has 22 heavy (non-hydrogen) atoms. The first-order valence-corrected chi connectivity index (χ1v) is 7.24. The summed E-state index contributed by atoms with van der Waals surface area (Å²) in [4.78, 5) is 2.15. The minimum Gasteiger partial charge on any atom is -0.293 e. The molecular weight excluding hydrogens is 287 g/mol. The van der Waals surface area contributed by atoms with Crippen LogP contribution in [0.3, 0.4) is 0 Å². The highest BCUT2D eigenvalue weighted by Gasteiger charge is 2.30.